The van der Waals surface area contributed by atoms with Crippen molar-refractivity contribution in [1.29, 1.82) is 0 Å². The third kappa shape index (κ3) is 3.70. The van der Waals surface area contributed by atoms with Crippen molar-refractivity contribution in [2.75, 3.05) is 25.6 Å². The van der Waals surface area contributed by atoms with Crippen molar-refractivity contribution in [2.24, 2.45) is 0 Å². The molecule has 0 spiro atoms. The second kappa shape index (κ2) is 7.26. The topological polar surface area (TPSA) is 59.6 Å². The number of carbonyl (C=O) groups excluding carboxylic acids is 1. The van der Waals surface area contributed by atoms with Crippen molar-refractivity contribution in [1.82, 2.24) is 5.32 Å². The van der Waals surface area contributed by atoms with Crippen LogP contribution in [0.1, 0.15) is 17.2 Å². The zero-order valence-electron chi connectivity index (χ0n) is 13.0. The number of anilines is 1. The highest BCUT2D eigenvalue weighted by molar-refractivity contribution is 5.95. The number of benzene rings is 2. The van der Waals surface area contributed by atoms with Gasteiger partial charge in [-0.3, -0.25) is 4.79 Å². The van der Waals surface area contributed by atoms with Gasteiger partial charge in [0.05, 0.1) is 0 Å². The van der Waals surface area contributed by atoms with Gasteiger partial charge >= 0.3 is 0 Å². The summed E-state index contributed by atoms with van der Waals surface area (Å²) in [6, 6.07) is 15.1. The van der Waals surface area contributed by atoms with Gasteiger partial charge in [0.1, 0.15) is 12.4 Å². The van der Waals surface area contributed by atoms with Crippen LogP contribution in [0, 0.1) is 0 Å². The van der Waals surface area contributed by atoms with Crippen molar-refractivity contribution in [2.45, 2.75) is 12.6 Å². The molecule has 1 aliphatic heterocycles. The number of methoxy groups -OCH3 is 1. The number of amides is 1. The summed E-state index contributed by atoms with van der Waals surface area (Å²) in [7, 11) is 1.53. The highest BCUT2D eigenvalue weighted by atomic mass is 16.5. The Kier molecular flexibility index (Phi) is 4.90. The largest absolute Gasteiger partial charge is 0.492 e. The fourth-order valence-electron chi connectivity index (χ4n) is 2.62. The summed E-state index contributed by atoms with van der Waals surface area (Å²) < 4.78 is 11.0. The minimum atomic E-state index is -0.635. The van der Waals surface area contributed by atoms with E-state index in [4.69, 9.17) is 9.47 Å². The summed E-state index contributed by atoms with van der Waals surface area (Å²) in [6.07, 6.45) is -0.635. The molecular formula is C18H20N2O3. The maximum Gasteiger partial charge on any atom is 0.258 e. The van der Waals surface area contributed by atoms with Gasteiger partial charge in [0.25, 0.3) is 5.91 Å². The Balaban J connectivity index is 1.75. The number of nitrogens with one attached hydrogen (secondary N) is 2. The van der Waals surface area contributed by atoms with Crippen molar-refractivity contribution >= 4 is 11.6 Å². The van der Waals surface area contributed by atoms with Crippen LogP contribution in [0.25, 0.3) is 0 Å². The van der Waals surface area contributed by atoms with Crippen LogP contribution in [0.2, 0.25) is 0 Å². The number of ether oxygens (including phenoxy) is 2. The molecule has 0 radical (unpaired) electrons. The van der Waals surface area contributed by atoms with Crippen LogP contribution in [0.15, 0.2) is 48.5 Å². The first kappa shape index (κ1) is 15.5. The van der Waals surface area contributed by atoms with E-state index in [9.17, 15) is 4.79 Å². The molecule has 2 aromatic rings. The van der Waals surface area contributed by atoms with E-state index in [2.05, 4.69) is 10.6 Å². The van der Waals surface area contributed by atoms with Crippen molar-refractivity contribution in [3.8, 4) is 5.75 Å². The first-order chi connectivity index (χ1) is 11.3. The molecule has 1 unspecified atom stereocenters. The van der Waals surface area contributed by atoms with Crippen LogP contribution < -0.4 is 15.4 Å². The number of rotatable bonds is 4. The van der Waals surface area contributed by atoms with Gasteiger partial charge in [0.15, 0.2) is 6.10 Å². The molecule has 23 heavy (non-hydrogen) atoms. The number of fused-ring (bicyclic) bond motifs is 1. The minimum Gasteiger partial charge on any atom is -0.492 e. The first-order valence-corrected chi connectivity index (χ1v) is 7.63. The van der Waals surface area contributed by atoms with Crippen LogP contribution in [0.3, 0.4) is 0 Å². The lowest BCUT2D eigenvalue weighted by Gasteiger charge is -2.16. The van der Waals surface area contributed by atoms with E-state index in [1.165, 1.54) is 7.11 Å². The van der Waals surface area contributed by atoms with Crippen LogP contribution in [-0.4, -0.2) is 26.2 Å². The van der Waals surface area contributed by atoms with Gasteiger partial charge < -0.3 is 20.1 Å². The van der Waals surface area contributed by atoms with Crippen molar-refractivity contribution in [3.05, 3.63) is 59.7 Å². The predicted octanol–water partition coefficient (Wildman–Crippen LogP) is 2.49. The average Bonchev–Trinajstić information content (AvgIpc) is 2.81. The van der Waals surface area contributed by atoms with Crippen LogP contribution in [0.4, 0.5) is 5.69 Å². The SMILES string of the molecule is COC(C(=O)Nc1ccc2c(c1)CNCCO2)c1ccccc1. The Bertz CT molecular complexity index is 673. The van der Waals surface area contributed by atoms with Gasteiger partial charge in [-0.25, -0.2) is 0 Å². The molecule has 2 aromatic carbocycles. The molecule has 1 heterocycles. The van der Waals surface area contributed by atoms with E-state index in [0.717, 1.165) is 35.7 Å². The molecule has 1 atom stereocenters. The lowest BCUT2D eigenvalue weighted by molar-refractivity contribution is -0.126. The third-order valence-electron chi connectivity index (χ3n) is 3.76. The first-order valence-electron chi connectivity index (χ1n) is 7.63. The Morgan fingerprint density at radius 1 is 1.26 bits per heavy atom. The molecule has 0 aromatic heterocycles. The molecule has 3 rings (SSSR count). The van der Waals surface area contributed by atoms with Crippen LogP contribution in [-0.2, 0) is 16.1 Å². The highest BCUT2D eigenvalue weighted by Crippen LogP contribution is 2.25. The molecule has 5 nitrogen and oxygen atoms in total. The molecule has 0 aliphatic carbocycles. The molecule has 2 N–H and O–H groups in total. The molecule has 1 amide bonds. The summed E-state index contributed by atoms with van der Waals surface area (Å²) in [6.45, 7) is 2.19. The Labute approximate surface area is 135 Å². The van der Waals surface area contributed by atoms with Gasteiger partial charge in [-0.2, -0.15) is 0 Å². The lowest BCUT2D eigenvalue weighted by atomic mass is 10.1. The maximum absolute atomic E-state index is 12.5. The van der Waals surface area contributed by atoms with Gasteiger partial charge in [0, 0.05) is 31.5 Å². The van der Waals surface area contributed by atoms with Crippen molar-refractivity contribution < 1.29 is 14.3 Å². The Hall–Kier alpha value is -2.37. The van der Waals surface area contributed by atoms with Crippen molar-refractivity contribution in [3.63, 3.8) is 0 Å². The van der Waals surface area contributed by atoms with Gasteiger partial charge in [-0.05, 0) is 23.8 Å². The fraction of sp³-hybridized carbons (Fsp3) is 0.278. The van der Waals surface area contributed by atoms with Crippen LogP contribution >= 0.6 is 0 Å². The third-order valence-corrected chi connectivity index (χ3v) is 3.76. The number of hydrogen-bond acceptors (Lipinski definition) is 4. The molecule has 5 heteroatoms. The van der Waals surface area contributed by atoms with Gasteiger partial charge in [-0.15, -0.1) is 0 Å². The molecule has 1 aliphatic rings. The van der Waals surface area contributed by atoms with E-state index in [1.54, 1.807) is 0 Å². The minimum absolute atomic E-state index is 0.193. The maximum atomic E-state index is 12.5. The molecule has 0 fully saturated rings. The van der Waals surface area contributed by atoms with E-state index in [1.807, 2.05) is 48.5 Å². The second-order valence-electron chi connectivity index (χ2n) is 5.36. The van der Waals surface area contributed by atoms with E-state index < -0.39 is 6.10 Å². The average molecular weight is 312 g/mol. The van der Waals surface area contributed by atoms with E-state index in [-0.39, 0.29) is 5.91 Å². The number of hydrogen-bond donors (Lipinski definition) is 2. The summed E-state index contributed by atoms with van der Waals surface area (Å²) >= 11 is 0. The normalized spacial score (nSPS) is 15.0. The molecule has 0 saturated heterocycles. The van der Waals surface area contributed by atoms with E-state index in [0.29, 0.717) is 6.61 Å². The summed E-state index contributed by atoms with van der Waals surface area (Å²) in [5, 5.41) is 6.20. The summed E-state index contributed by atoms with van der Waals surface area (Å²) in [5.41, 5.74) is 2.60. The zero-order valence-corrected chi connectivity index (χ0v) is 13.0. The number of carbonyl (C=O) groups is 1. The highest BCUT2D eigenvalue weighted by Gasteiger charge is 2.20. The van der Waals surface area contributed by atoms with Crippen LogP contribution in [0.5, 0.6) is 5.75 Å². The molecule has 0 saturated carbocycles. The fourth-order valence-corrected chi connectivity index (χ4v) is 2.62. The standard InChI is InChI=1S/C18H20N2O3/c1-22-17(13-5-3-2-4-6-13)18(21)20-15-7-8-16-14(11-15)12-19-9-10-23-16/h2-8,11,17,19H,9-10,12H2,1H3,(H,20,21). The summed E-state index contributed by atoms with van der Waals surface area (Å²) in [5.74, 6) is 0.667. The second-order valence-corrected chi connectivity index (χ2v) is 5.36. The zero-order chi connectivity index (χ0) is 16.1. The lowest BCUT2D eigenvalue weighted by Crippen LogP contribution is -2.22. The summed E-state index contributed by atoms with van der Waals surface area (Å²) in [4.78, 5) is 12.5. The van der Waals surface area contributed by atoms with Gasteiger partial charge in [-0.1, -0.05) is 30.3 Å². The Morgan fingerprint density at radius 2 is 2.09 bits per heavy atom. The monoisotopic (exact) mass is 312 g/mol. The quantitative estimate of drug-likeness (QED) is 0.910. The van der Waals surface area contributed by atoms with E-state index >= 15 is 0 Å². The smallest absolute Gasteiger partial charge is 0.258 e. The predicted molar refractivity (Wildman–Crippen MR) is 88.5 cm³/mol. The van der Waals surface area contributed by atoms with Gasteiger partial charge in [0.2, 0.25) is 0 Å². The molecule has 120 valence electrons. The molecular weight excluding hydrogens is 292 g/mol. The Morgan fingerprint density at radius 3 is 2.87 bits per heavy atom. The molecule has 0 bridgehead atoms.